The molecule has 0 spiro atoms. The Morgan fingerprint density at radius 3 is 2.21 bits per heavy atom. The number of nitrogens with one attached hydrogen (secondary N) is 1. The van der Waals surface area contributed by atoms with Crippen molar-refractivity contribution < 1.29 is 28.7 Å². The van der Waals surface area contributed by atoms with Crippen LogP contribution in [0.25, 0.3) is 0 Å². The minimum absolute atomic E-state index is 0.0312. The molecule has 0 atom stereocenters. The quantitative estimate of drug-likeness (QED) is 0.326. The molecule has 3 amide bonds. The normalized spacial score (nSPS) is 12.4. The van der Waals surface area contributed by atoms with Crippen LogP contribution in [0.5, 0.6) is 5.75 Å². The third kappa shape index (κ3) is 4.80. The summed E-state index contributed by atoms with van der Waals surface area (Å²) in [6.45, 7) is 3.57. The van der Waals surface area contributed by atoms with E-state index in [1.54, 1.807) is 24.3 Å². The van der Waals surface area contributed by atoms with Gasteiger partial charge in [-0.25, -0.2) is 9.69 Å². The van der Waals surface area contributed by atoms with Crippen molar-refractivity contribution in [2.45, 2.75) is 13.8 Å². The van der Waals surface area contributed by atoms with E-state index >= 15 is 0 Å². The van der Waals surface area contributed by atoms with Gasteiger partial charge in [0.1, 0.15) is 19.0 Å². The molecular formula is C26H22N2O6. The van der Waals surface area contributed by atoms with Crippen molar-refractivity contribution in [3.63, 3.8) is 0 Å². The summed E-state index contributed by atoms with van der Waals surface area (Å²) in [4.78, 5) is 50.4. The van der Waals surface area contributed by atoms with Gasteiger partial charge in [0.15, 0.2) is 0 Å². The minimum Gasteiger partial charge on any atom is -0.490 e. The van der Waals surface area contributed by atoms with Crippen molar-refractivity contribution in [1.82, 2.24) is 0 Å². The number of anilines is 2. The Bertz CT molecular complexity index is 1270. The van der Waals surface area contributed by atoms with Crippen LogP contribution < -0.4 is 15.0 Å². The number of aryl methyl sites for hydroxylation is 1. The zero-order valence-electron chi connectivity index (χ0n) is 18.7. The van der Waals surface area contributed by atoms with Crippen molar-refractivity contribution in [1.29, 1.82) is 0 Å². The molecule has 0 fully saturated rings. The van der Waals surface area contributed by atoms with Gasteiger partial charge in [-0.05, 0) is 61.5 Å². The molecule has 172 valence electrons. The molecule has 4 rings (SSSR count). The highest BCUT2D eigenvalue weighted by molar-refractivity contribution is 6.34. The maximum absolute atomic E-state index is 12.9. The van der Waals surface area contributed by atoms with Crippen molar-refractivity contribution in [3.8, 4) is 5.75 Å². The van der Waals surface area contributed by atoms with E-state index in [1.165, 1.54) is 25.1 Å². The lowest BCUT2D eigenvalue weighted by molar-refractivity contribution is -0.114. The average Bonchev–Trinajstić information content (AvgIpc) is 3.07. The van der Waals surface area contributed by atoms with Crippen LogP contribution in [-0.2, 0) is 9.53 Å². The molecule has 0 saturated carbocycles. The highest BCUT2D eigenvalue weighted by Gasteiger charge is 2.37. The maximum atomic E-state index is 12.9. The van der Waals surface area contributed by atoms with Gasteiger partial charge in [-0.1, -0.05) is 17.7 Å². The van der Waals surface area contributed by atoms with Gasteiger partial charge < -0.3 is 14.8 Å². The van der Waals surface area contributed by atoms with Gasteiger partial charge in [0.25, 0.3) is 11.8 Å². The Kier molecular flexibility index (Phi) is 6.40. The predicted molar refractivity (Wildman–Crippen MR) is 125 cm³/mol. The number of imide groups is 1. The second-order valence-corrected chi connectivity index (χ2v) is 7.73. The van der Waals surface area contributed by atoms with E-state index in [9.17, 15) is 19.2 Å². The SMILES string of the molecule is CC(=O)Nc1ccc(N2C(=O)c3ccc(C(=O)OCCOc4ccc(C)cc4)cc3C2=O)cc1. The van der Waals surface area contributed by atoms with Gasteiger partial charge in [-0.2, -0.15) is 0 Å². The molecule has 0 saturated heterocycles. The number of hydrogen-bond donors (Lipinski definition) is 1. The fourth-order valence-electron chi connectivity index (χ4n) is 3.51. The molecule has 1 aliphatic heterocycles. The number of carbonyl (C=O) groups is 4. The number of nitrogens with zero attached hydrogens (tertiary/aromatic N) is 1. The molecule has 0 aliphatic carbocycles. The smallest absolute Gasteiger partial charge is 0.338 e. The number of benzene rings is 3. The van der Waals surface area contributed by atoms with Crippen LogP contribution >= 0.6 is 0 Å². The number of rotatable bonds is 7. The Morgan fingerprint density at radius 1 is 0.853 bits per heavy atom. The van der Waals surface area contributed by atoms with Crippen LogP contribution in [0.15, 0.2) is 66.7 Å². The summed E-state index contributed by atoms with van der Waals surface area (Å²) >= 11 is 0. The monoisotopic (exact) mass is 458 g/mol. The van der Waals surface area contributed by atoms with Crippen LogP contribution in [0, 0.1) is 6.92 Å². The molecule has 3 aromatic carbocycles. The zero-order valence-corrected chi connectivity index (χ0v) is 18.7. The fraction of sp³-hybridized carbons (Fsp3) is 0.154. The first-order valence-corrected chi connectivity index (χ1v) is 10.6. The largest absolute Gasteiger partial charge is 0.490 e. The number of amides is 3. The van der Waals surface area contributed by atoms with E-state index in [0.29, 0.717) is 17.1 Å². The lowest BCUT2D eigenvalue weighted by Crippen LogP contribution is -2.29. The molecule has 34 heavy (non-hydrogen) atoms. The first-order valence-electron chi connectivity index (χ1n) is 10.6. The Morgan fingerprint density at radius 2 is 1.53 bits per heavy atom. The second-order valence-electron chi connectivity index (χ2n) is 7.73. The van der Waals surface area contributed by atoms with Gasteiger partial charge in [0.2, 0.25) is 5.91 Å². The third-order valence-corrected chi connectivity index (χ3v) is 5.17. The Balaban J connectivity index is 1.40. The lowest BCUT2D eigenvalue weighted by atomic mass is 10.1. The average molecular weight is 458 g/mol. The second kappa shape index (κ2) is 9.58. The predicted octanol–water partition coefficient (Wildman–Crippen LogP) is 3.99. The van der Waals surface area contributed by atoms with E-state index in [0.717, 1.165) is 10.5 Å². The molecule has 3 aromatic rings. The standard InChI is InChI=1S/C26H22N2O6/c1-16-3-10-21(11-4-16)33-13-14-34-26(32)18-5-12-22-23(15-18)25(31)28(24(22)30)20-8-6-19(7-9-20)27-17(2)29/h3-12,15H,13-14H2,1-2H3,(H,27,29). The van der Waals surface area contributed by atoms with Crippen molar-refractivity contribution >= 4 is 35.1 Å². The van der Waals surface area contributed by atoms with Gasteiger partial charge in [-0.3, -0.25) is 14.4 Å². The molecule has 1 heterocycles. The molecule has 8 nitrogen and oxygen atoms in total. The van der Waals surface area contributed by atoms with Gasteiger partial charge >= 0.3 is 5.97 Å². The van der Waals surface area contributed by atoms with Crippen LogP contribution in [0.3, 0.4) is 0 Å². The van der Waals surface area contributed by atoms with Crippen molar-refractivity contribution in [2.24, 2.45) is 0 Å². The molecule has 0 bridgehead atoms. The summed E-state index contributed by atoms with van der Waals surface area (Å²) in [7, 11) is 0. The van der Waals surface area contributed by atoms with Crippen molar-refractivity contribution in [3.05, 3.63) is 89.0 Å². The van der Waals surface area contributed by atoms with Crippen LogP contribution in [0.2, 0.25) is 0 Å². The van der Waals surface area contributed by atoms with Crippen LogP contribution in [-0.4, -0.2) is 36.9 Å². The van der Waals surface area contributed by atoms with Crippen LogP contribution in [0.4, 0.5) is 11.4 Å². The number of esters is 1. The first-order chi connectivity index (χ1) is 16.3. The fourth-order valence-corrected chi connectivity index (χ4v) is 3.51. The van der Waals surface area contributed by atoms with E-state index in [-0.39, 0.29) is 35.8 Å². The van der Waals surface area contributed by atoms with E-state index in [2.05, 4.69) is 5.32 Å². The van der Waals surface area contributed by atoms with Gasteiger partial charge in [0.05, 0.1) is 22.4 Å². The number of carbonyl (C=O) groups excluding carboxylic acids is 4. The number of hydrogen-bond acceptors (Lipinski definition) is 6. The molecule has 1 aliphatic rings. The van der Waals surface area contributed by atoms with Gasteiger partial charge in [0, 0.05) is 12.6 Å². The summed E-state index contributed by atoms with van der Waals surface area (Å²) in [6, 6.07) is 18.1. The molecule has 1 N–H and O–H groups in total. The third-order valence-electron chi connectivity index (χ3n) is 5.17. The highest BCUT2D eigenvalue weighted by atomic mass is 16.6. The molecule has 0 unspecified atom stereocenters. The van der Waals surface area contributed by atoms with Crippen LogP contribution in [0.1, 0.15) is 43.6 Å². The number of fused-ring (bicyclic) bond motifs is 1. The molecular weight excluding hydrogens is 436 g/mol. The molecule has 0 aromatic heterocycles. The summed E-state index contributed by atoms with van der Waals surface area (Å²) in [5, 5.41) is 2.63. The summed E-state index contributed by atoms with van der Waals surface area (Å²) < 4.78 is 10.8. The molecule has 0 radical (unpaired) electrons. The Labute approximate surface area is 196 Å². The van der Waals surface area contributed by atoms with E-state index in [4.69, 9.17) is 9.47 Å². The minimum atomic E-state index is -0.617. The maximum Gasteiger partial charge on any atom is 0.338 e. The Hall–Kier alpha value is -4.46. The van der Waals surface area contributed by atoms with Gasteiger partial charge in [-0.15, -0.1) is 0 Å². The summed E-state index contributed by atoms with van der Waals surface area (Å²) in [5.41, 5.74) is 2.51. The summed E-state index contributed by atoms with van der Waals surface area (Å²) in [5.74, 6) is -1.19. The highest BCUT2D eigenvalue weighted by Crippen LogP contribution is 2.30. The summed E-state index contributed by atoms with van der Waals surface area (Å²) in [6.07, 6.45) is 0. The van der Waals surface area contributed by atoms with E-state index in [1.807, 2.05) is 31.2 Å². The topological polar surface area (TPSA) is 102 Å². The van der Waals surface area contributed by atoms with E-state index < -0.39 is 17.8 Å². The first kappa shape index (κ1) is 22.7. The lowest BCUT2D eigenvalue weighted by Gasteiger charge is -2.14. The zero-order chi connectivity index (χ0) is 24.2. The van der Waals surface area contributed by atoms with Crippen molar-refractivity contribution in [2.75, 3.05) is 23.4 Å². The molecule has 8 heteroatoms. The number of ether oxygens (including phenoxy) is 2.